The van der Waals surface area contributed by atoms with Crippen molar-refractivity contribution in [2.75, 3.05) is 19.8 Å². The molecular formula is C9H13NO4. The molecule has 1 fully saturated rings. The van der Waals surface area contributed by atoms with Crippen LogP contribution in [0.4, 0.5) is 0 Å². The predicted octanol–water partition coefficient (Wildman–Crippen LogP) is -1.10. The van der Waals surface area contributed by atoms with Crippen molar-refractivity contribution < 1.29 is 19.8 Å². The Labute approximate surface area is 81.9 Å². The van der Waals surface area contributed by atoms with Crippen molar-refractivity contribution in [1.82, 2.24) is 5.06 Å². The van der Waals surface area contributed by atoms with Crippen LogP contribution in [0.15, 0.2) is 18.2 Å². The third-order valence-corrected chi connectivity index (χ3v) is 2.07. The van der Waals surface area contributed by atoms with E-state index in [1.165, 1.54) is 5.06 Å². The van der Waals surface area contributed by atoms with Crippen LogP contribution in [0, 0.1) is 0 Å². The lowest BCUT2D eigenvalue weighted by Crippen LogP contribution is -2.33. The zero-order chi connectivity index (χ0) is 10.6. The van der Waals surface area contributed by atoms with Crippen molar-refractivity contribution in [2.24, 2.45) is 0 Å². The Morgan fingerprint density at radius 1 is 1.79 bits per heavy atom. The van der Waals surface area contributed by atoms with E-state index in [1.54, 1.807) is 12.0 Å². The lowest BCUT2D eigenvalue weighted by Gasteiger charge is -2.20. The third-order valence-electron chi connectivity index (χ3n) is 2.07. The fraction of sp³-hybridized carbons (Fsp3) is 0.556. The van der Waals surface area contributed by atoms with Gasteiger partial charge in [0, 0.05) is 0 Å². The average molecular weight is 199 g/mol. The van der Waals surface area contributed by atoms with Gasteiger partial charge in [0.15, 0.2) is 0 Å². The fourth-order valence-electron chi connectivity index (χ4n) is 1.39. The Kier molecular flexibility index (Phi) is 4.00. The molecule has 78 valence electrons. The molecule has 0 bridgehead atoms. The topological polar surface area (TPSA) is 70.0 Å². The molecule has 1 rings (SSSR count). The Morgan fingerprint density at radius 3 is 3.00 bits per heavy atom. The minimum absolute atomic E-state index is 0.136. The second-order valence-corrected chi connectivity index (χ2v) is 2.96. The van der Waals surface area contributed by atoms with E-state index in [9.17, 15) is 9.90 Å². The maximum atomic E-state index is 10.5. The van der Waals surface area contributed by atoms with Crippen molar-refractivity contribution in [3.63, 3.8) is 0 Å². The van der Waals surface area contributed by atoms with E-state index in [4.69, 9.17) is 9.94 Å². The Bertz CT molecular complexity index is 260. The maximum absolute atomic E-state index is 10.5. The Balaban J connectivity index is 2.69. The van der Waals surface area contributed by atoms with Gasteiger partial charge in [-0.15, -0.1) is 6.58 Å². The monoisotopic (exact) mass is 199 g/mol. The van der Waals surface area contributed by atoms with Gasteiger partial charge in [-0.1, -0.05) is 6.08 Å². The molecule has 2 N–H and O–H groups in total. The van der Waals surface area contributed by atoms with Gasteiger partial charge in [-0.05, 0) is 0 Å². The van der Waals surface area contributed by atoms with E-state index in [0.717, 1.165) is 0 Å². The molecule has 0 spiro atoms. The van der Waals surface area contributed by atoms with Crippen LogP contribution in [0.5, 0.6) is 0 Å². The Morgan fingerprint density at radius 2 is 2.50 bits per heavy atom. The van der Waals surface area contributed by atoms with Crippen LogP contribution in [-0.4, -0.2) is 53.1 Å². The van der Waals surface area contributed by atoms with Gasteiger partial charge in [-0.3, -0.25) is 4.84 Å². The highest BCUT2D eigenvalue weighted by Gasteiger charge is 2.37. The highest BCUT2D eigenvalue weighted by molar-refractivity contribution is 5.57. The van der Waals surface area contributed by atoms with E-state index in [0.29, 0.717) is 0 Å². The summed E-state index contributed by atoms with van der Waals surface area (Å²) in [7, 11) is 0. The molecule has 14 heavy (non-hydrogen) atoms. The summed E-state index contributed by atoms with van der Waals surface area (Å²) >= 11 is 0. The summed E-state index contributed by atoms with van der Waals surface area (Å²) in [6.07, 6.45) is 0.637. The summed E-state index contributed by atoms with van der Waals surface area (Å²) in [6.45, 7) is 3.63. The summed E-state index contributed by atoms with van der Waals surface area (Å²) in [5.41, 5.74) is 0.136. The van der Waals surface area contributed by atoms with Crippen LogP contribution in [0.3, 0.4) is 0 Å². The first-order chi connectivity index (χ1) is 6.74. The minimum atomic E-state index is -0.908. The Hall–Kier alpha value is -0.970. The molecule has 0 saturated carbocycles. The van der Waals surface area contributed by atoms with Crippen LogP contribution in [-0.2, 0) is 9.63 Å². The second kappa shape index (κ2) is 5.05. The number of hydrogen-bond donors (Lipinski definition) is 2. The number of carbonyl (C=O) groups excluding carboxylic acids is 1. The average Bonchev–Trinajstić information content (AvgIpc) is 2.50. The van der Waals surface area contributed by atoms with Crippen LogP contribution < -0.4 is 0 Å². The second-order valence-electron chi connectivity index (χ2n) is 2.96. The molecule has 1 aliphatic rings. The van der Waals surface area contributed by atoms with E-state index >= 15 is 0 Å². The van der Waals surface area contributed by atoms with Crippen molar-refractivity contribution in [3.8, 4) is 0 Å². The number of hydrogen-bond acceptors (Lipinski definition) is 5. The number of rotatable bonds is 4. The minimum Gasteiger partial charge on any atom is -0.394 e. The number of β-amino-alcohol motifs (C(OH)–C–C–N with tert-alkyl or cyclic N) is 1. The molecule has 0 aliphatic carbocycles. The summed E-state index contributed by atoms with van der Waals surface area (Å²) in [4.78, 5) is 15.6. The van der Waals surface area contributed by atoms with Gasteiger partial charge in [0.2, 0.25) is 0 Å². The number of nitrogens with zero attached hydrogens (tertiary/aromatic N) is 1. The smallest absolute Gasteiger partial charge is 0.128 e. The molecule has 1 saturated heterocycles. The molecule has 0 aromatic heterocycles. The van der Waals surface area contributed by atoms with E-state index in [2.05, 4.69) is 6.58 Å². The standard InChI is InChI=1S/C9H13NO4/c1-2-3-14-10-4-9(13)7(5-11)8(10)6-12/h2,8-9,12-13H,1,3-4,6H2. The molecule has 0 aromatic rings. The fourth-order valence-corrected chi connectivity index (χ4v) is 1.39. The van der Waals surface area contributed by atoms with Crippen LogP contribution in [0.2, 0.25) is 0 Å². The molecule has 0 radical (unpaired) electrons. The number of aliphatic hydroxyl groups is 2. The highest BCUT2D eigenvalue weighted by Crippen LogP contribution is 2.21. The van der Waals surface area contributed by atoms with E-state index < -0.39 is 12.1 Å². The predicted molar refractivity (Wildman–Crippen MR) is 48.9 cm³/mol. The summed E-state index contributed by atoms with van der Waals surface area (Å²) in [5.74, 6) is 1.63. The lowest BCUT2D eigenvalue weighted by molar-refractivity contribution is -0.164. The first-order valence-electron chi connectivity index (χ1n) is 4.28. The van der Waals surface area contributed by atoms with Gasteiger partial charge in [-0.25, -0.2) is 4.79 Å². The largest absolute Gasteiger partial charge is 0.394 e. The maximum Gasteiger partial charge on any atom is 0.128 e. The summed E-state index contributed by atoms with van der Waals surface area (Å²) in [5, 5.41) is 19.8. The molecule has 5 heteroatoms. The summed E-state index contributed by atoms with van der Waals surface area (Å²) < 4.78 is 0. The molecule has 0 amide bonds. The third kappa shape index (κ3) is 2.09. The quantitative estimate of drug-likeness (QED) is 0.444. The van der Waals surface area contributed by atoms with E-state index in [1.807, 2.05) is 0 Å². The molecule has 2 unspecified atom stereocenters. The molecular weight excluding hydrogens is 186 g/mol. The molecule has 2 atom stereocenters. The zero-order valence-corrected chi connectivity index (χ0v) is 7.72. The first kappa shape index (κ1) is 11.1. The lowest BCUT2D eigenvalue weighted by atomic mass is 10.1. The van der Waals surface area contributed by atoms with Gasteiger partial charge < -0.3 is 10.2 Å². The van der Waals surface area contributed by atoms with Crippen LogP contribution >= 0.6 is 0 Å². The van der Waals surface area contributed by atoms with Gasteiger partial charge in [-0.2, -0.15) is 5.06 Å². The van der Waals surface area contributed by atoms with Gasteiger partial charge in [0.25, 0.3) is 0 Å². The van der Waals surface area contributed by atoms with Crippen molar-refractivity contribution in [3.05, 3.63) is 18.2 Å². The number of hydroxylamine groups is 2. The van der Waals surface area contributed by atoms with Gasteiger partial charge in [0.05, 0.1) is 31.4 Å². The zero-order valence-electron chi connectivity index (χ0n) is 7.72. The molecule has 5 nitrogen and oxygen atoms in total. The van der Waals surface area contributed by atoms with Crippen LogP contribution in [0.25, 0.3) is 0 Å². The van der Waals surface area contributed by atoms with Crippen molar-refractivity contribution >= 4 is 5.94 Å². The van der Waals surface area contributed by atoms with E-state index in [-0.39, 0.29) is 25.3 Å². The van der Waals surface area contributed by atoms with Crippen LogP contribution in [0.1, 0.15) is 0 Å². The molecule has 0 aromatic carbocycles. The summed E-state index contributed by atoms with van der Waals surface area (Å²) in [6, 6.07) is -0.595. The highest BCUT2D eigenvalue weighted by atomic mass is 16.7. The first-order valence-corrected chi connectivity index (χ1v) is 4.28. The van der Waals surface area contributed by atoms with Crippen molar-refractivity contribution in [1.29, 1.82) is 0 Å². The SMILES string of the molecule is C=CCON1CC(O)C(=C=O)C1CO. The number of aliphatic hydroxyl groups excluding tert-OH is 2. The normalized spacial score (nSPS) is 27.7. The van der Waals surface area contributed by atoms with Gasteiger partial charge >= 0.3 is 0 Å². The molecule has 1 heterocycles. The molecule has 1 aliphatic heterocycles. The van der Waals surface area contributed by atoms with Crippen molar-refractivity contribution in [2.45, 2.75) is 12.1 Å². The van der Waals surface area contributed by atoms with Gasteiger partial charge in [0.1, 0.15) is 12.0 Å².